The third kappa shape index (κ3) is 5.21. The highest BCUT2D eigenvalue weighted by Crippen LogP contribution is 2.21. The van der Waals surface area contributed by atoms with Crippen LogP contribution >= 0.6 is 0 Å². The van der Waals surface area contributed by atoms with Crippen molar-refractivity contribution in [3.63, 3.8) is 0 Å². The van der Waals surface area contributed by atoms with Crippen molar-refractivity contribution in [3.8, 4) is 5.75 Å². The molecule has 0 aliphatic carbocycles. The summed E-state index contributed by atoms with van der Waals surface area (Å²) in [6.07, 6.45) is -0.00115. The lowest BCUT2D eigenvalue weighted by Crippen LogP contribution is -2.20. The summed E-state index contributed by atoms with van der Waals surface area (Å²) in [5.41, 5.74) is 1.74. The first-order valence-corrected chi connectivity index (χ1v) is 7.84. The molecule has 130 valence electrons. The van der Waals surface area contributed by atoms with Crippen molar-refractivity contribution in [2.75, 3.05) is 0 Å². The minimum atomic E-state index is -1.00. The molecule has 2 rings (SSSR count). The van der Waals surface area contributed by atoms with Crippen LogP contribution in [-0.4, -0.2) is 16.9 Å². The Morgan fingerprint density at radius 2 is 1.72 bits per heavy atom. The van der Waals surface area contributed by atoms with Crippen LogP contribution in [0.1, 0.15) is 31.1 Å². The monoisotopic (exact) mass is 340 g/mol. The molecular weight excluding hydrogens is 320 g/mol. The fraction of sp³-hybridized carbons (Fsp3) is 0.200. The summed E-state index contributed by atoms with van der Waals surface area (Å²) < 4.78 is 10.8. The molecule has 2 aromatic rings. The summed E-state index contributed by atoms with van der Waals surface area (Å²) >= 11 is 0. The molecule has 0 bridgehead atoms. The fourth-order valence-electron chi connectivity index (χ4n) is 2.08. The SMILES string of the molecule is CC(=CO)C(=O)C(=O)OC(C)c1ccc(OCc2ccccc2)cc1. The maximum absolute atomic E-state index is 11.7. The van der Waals surface area contributed by atoms with Gasteiger partial charge in [0.2, 0.25) is 0 Å². The Balaban J connectivity index is 1.92. The molecule has 5 heteroatoms. The Morgan fingerprint density at radius 1 is 1.08 bits per heavy atom. The number of carbonyl (C=O) groups excluding carboxylic acids is 2. The first kappa shape index (κ1) is 18.3. The summed E-state index contributed by atoms with van der Waals surface area (Å²) in [6.45, 7) is 3.47. The maximum atomic E-state index is 11.7. The molecule has 0 heterocycles. The van der Waals surface area contributed by atoms with Crippen LogP contribution in [-0.2, 0) is 20.9 Å². The zero-order chi connectivity index (χ0) is 18.2. The van der Waals surface area contributed by atoms with E-state index >= 15 is 0 Å². The number of esters is 1. The molecule has 1 atom stereocenters. The number of hydrogen-bond acceptors (Lipinski definition) is 5. The van der Waals surface area contributed by atoms with Crippen molar-refractivity contribution in [3.05, 3.63) is 77.6 Å². The van der Waals surface area contributed by atoms with Gasteiger partial charge in [0, 0.05) is 5.57 Å². The van der Waals surface area contributed by atoms with E-state index in [1.807, 2.05) is 30.3 Å². The van der Waals surface area contributed by atoms with E-state index in [2.05, 4.69) is 0 Å². The van der Waals surface area contributed by atoms with Gasteiger partial charge in [-0.1, -0.05) is 42.5 Å². The first-order valence-electron chi connectivity index (χ1n) is 7.84. The van der Waals surface area contributed by atoms with Gasteiger partial charge in [-0.3, -0.25) is 4.79 Å². The van der Waals surface area contributed by atoms with E-state index in [0.717, 1.165) is 11.1 Å². The minimum Gasteiger partial charge on any atom is -0.515 e. The van der Waals surface area contributed by atoms with Crippen LogP contribution in [0.3, 0.4) is 0 Å². The molecule has 0 spiro atoms. The summed E-state index contributed by atoms with van der Waals surface area (Å²) in [6, 6.07) is 16.9. The number of aliphatic hydroxyl groups is 1. The number of carbonyl (C=O) groups is 2. The van der Waals surface area contributed by atoms with Gasteiger partial charge in [0.25, 0.3) is 5.78 Å². The van der Waals surface area contributed by atoms with Gasteiger partial charge in [0.15, 0.2) is 0 Å². The van der Waals surface area contributed by atoms with E-state index in [0.29, 0.717) is 18.6 Å². The van der Waals surface area contributed by atoms with E-state index in [-0.39, 0.29) is 5.57 Å². The molecule has 2 aromatic carbocycles. The van der Waals surface area contributed by atoms with Gasteiger partial charge in [-0.15, -0.1) is 0 Å². The second-order valence-corrected chi connectivity index (χ2v) is 5.53. The van der Waals surface area contributed by atoms with Gasteiger partial charge in [0.1, 0.15) is 18.5 Å². The number of ether oxygens (including phenoxy) is 2. The second-order valence-electron chi connectivity index (χ2n) is 5.53. The maximum Gasteiger partial charge on any atom is 0.380 e. The molecule has 1 unspecified atom stereocenters. The predicted octanol–water partition coefficient (Wildman–Crippen LogP) is 3.90. The van der Waals surface area contributed by atoms with Gasteiger partial charge in [-0.05, 0) is 37.1 Å². The summed E-state index contributed by atoms with van der Waals surface area (Å²) in [5, 5.41) is 8.76. The Labute approximate surface area is 146 Å². The normalized spacial score (nSPS) is 12.3. The van der Waals surface area contributed by atoms with Gasteiger partial charge < -0.3 is 14.6 Å². The van der Waals surface area contributed by atoms with Gasteiger partial charge in [-0.2, -0.15) is 0 Å². The molecule has 25 heavy (non-hydrogen) atoms. The fourth-order valence-corrected chi connectivity index (χ4v) is 2.08. The molecule has 0 saturated carbocycles. The molecule has 0 aliphatic heterocycles. The van der Waals surface area contributed by atoms with Crippen molar-refractivity contribution in [2.24, 2.45) is 0 Å². The highest BCUT2D eigenvalue weighted by Gasteiger charge is 2.21. The number of aliphatic hydroxyl groups excluding tert-OH is 1. The van der Waals surface area contributed by atoms with Gasteiger partial charge in [0.05, 0.1) is 6.26 Å². The Kier molecular flexibility index (Phi) is 6.34. The minimum absolute atomic E-state index is 0.0677. The number of Topliss-reactive ketones (excluding diaryl/α,β-unsaturated/α-hetero) is 1. The van der Waals surface area contributed by atoms with Crippen LogP contribution in [0, 0.1) is 0 Å². The molecule has 0 fully saturated rings. The Hall–Kier alpha value is -3.08. The number of hydrogen-bond donors (Lipinski definition) is 1. The number of ketones is 1. The van der Waals surface area contributed by atoms with Crippen molar-refractivity contribution >= 4 is 11.8 Å². The van der Waals surface area contributed by atoms with Crippen molar-refractivity contribution < 1.29 is 24.2 Å². The second kappa shape index (κ2) is 8.68. The average Bonchev–Trinajstić information content (AvgIpc) is 2.66. The molecule has 0 aliphatic rings. The van der Waals surface area contributed by atoms with Crippen molar-refractivity contribution in [1.82, 2.24) is 0 Å². The topological polar surface area (TPSA) is 72.8 Å². The number of benzene rings is 2. The Bertz CT molecular complexity index is 747. The average molecular weight is 340 g/mol. The van der Waals surface area contributed by atoms with E-state index in [1.165, 1.54) is 6.92 Å². The molecule has 5 nitrogen and oxygen atoms in total. The van der Waals surface area contributed by atoms with Gasteiger partial charge in [-0.25, -0.2) is 4.79 Å². The number of rotatable bonds is 7. The first-order chi connectivity index (χ1) is 12.0. The van der Waals surface area contributed by atoms with E-state index in [1.54, 1.807) is 31.2 Å². The third-order valence-corrected chi connectivity index (χ3v) is 3.62. The lowest BCUT2D eigenvalue weighted by atomic mass is 10.1. The van der Waals surface area contributed by atoms with Crippen LogP contribution in [0.4, 0.5) is 0 Å². The van der Waals surface area contributed by atoms with Crippen LogP contribution in [0.25, 0.3) is 0 Å². The quantitative estimate of drug-likeness (QED) is 0.358. The van der Waals surface area contributed by atoms with Gasteiger partial charge >= 0.3 is 5.97 Å². The molecular formula is C20H20O5. The van der Waals surface area contributed by atoms with Crippen molar-refractivity contribution in [2.45, 2.75) is 26.6 Å². The van der Waals surface area contributed by atoms with Crippen LogP contribution in [0.5, 0.6) is 5.75 Å². The van der Waals surface area contributed by atoms with Crippen LogP contribution in [0.2, 0.25) is 0 Å². The summed E-state index contributed by atoms with van der Waals surface area (Å²) in [5.74, 6) is -1.17. The molecule has 0 radical (unpaired) electrons. The lowest BCUT2D eigenvalue weighted by molar-refractivity contribution is -0.156. The molecule has 0 amide bonds. The zero-order valence-corrected chi connectivity index (χ0v) is 14.1. The molecule has 1 N–H and O–H groups in total. The third-order valence-electron chi connectivity index (χ3n) is 3.62. The highest BCUT2D eigenvalue weighted by molar-refractivity contribution is 6.40. The zero-order valence-electron chi connectivity index (χ0n) is 14.1. The summed E-state index contributed by atoms with van der Waals surface area (Å²) in [4.78, 5) is 23.3. The lowest BCUT2D eigenvalue weighted by Gasteiger charge is -2.14. The van der Waals surface area contributed by atoms with E-state index < -0.39 is 17.9 Å². The highest BCUT2D eigenvalue weighted by atomic mass is 16.5. The predicted molar refractivity (Wildman–Crippen MR) is 93.1 cm³/mol. The molecule has 0 saturated heterocycles. The largest absolute Gasteiger partial charge is 0.515 e. The summed E-state index contributed by atoms with van der Waals surface area (Å²) in [7, 11) is 0. The molecule has 0 aromatic heterocycles. The standard InChI is InChI=1S/C20H20O5/c1-14(12-21)19(22)20(23)25-15(2)17-8-10-18(11-9-17)24-13-16-6-4-3-5-7-16/h3-12,15,21H,13H2,1-2H3. The smallest absolute Gasteiger partial charge is 0.380 e. The van der Waals surface area contributed by atoms with E-state index in [4.69, 9.17) is 14.6 Å². The Morgan fingerprint density at radius 3 is 2.32 bits per heavy atom. The van der Waals surface area contributed by atoms with Crippen LogP contribution in [0.15, 0.2) is 66.4 Å². The van der Waals surface area contributed by atoms with E-state index in [9.17, 15) is 9.59 Å². The van der Waals surface area contributed by atoms with Crippen LogP contribution < -0.4 is 4.74 Å². The van der Waals surface area contributed by atoms with Crippen molar-refractivity contribution in [1.29, 1.82) is 0 Å².